The van der Waals surface area contributed by atoms with Gasteiger partial charge in [-0.2, -0.15) is 23.5 Å². The first-order valence-corrected chi connectivity index (χ1v) is 8.28. The number of rotatable bonds is 3. The summed E-state index contributed by atoms with van der Waals surface area (Å²) in [6, 6.07) is 6.07. The van der Waals surface area contributed by atoms with Gasteiger partial charge in [0.1, 0.15) is 11.9 Å². The second-order valence-corrected chi connectivity index (χ2v) is 6.06. The van der Waals surface area contributed by atoms with E-state index in [1.165, 1.54) is 7.11 Å². The molecule has 0 aliphatic carbocycles. The van der Waals surface area contributed by atoms with Gasteiger partial charge in [0.15, 0.2) is 5.69 Å². The molecule has 1 amide bonds. The number of nitriles is 1. The van der Waals surface area contributed by atoms with Crippen LogP contribution in [0.3, 0.4) is 0 Å². The number of benzene rings is 1. The van der Waals surface area contributed by atoms with E-state index in [-0.39, 0.29) is 12.2 Å². The van der Waals surface area contributed by atoms with Crippen LogP contribution >= 0.6 is 0 Å². The topological polar surface area (TPSA) is 71.2 Å². The van der Waals surface area contributed by atoms with Crippen molar-refractivity contribution in [2.24, 2.45) is 0 Å². The molecule has 2 aromatic rings. The third-order valence-corrected chi connectivity index (χ3v) is 3.90. The maximum atomic E-state index is 12.7. The Kier molecular flexibility index (Phi) is 7.12. The lowest BCUT2D eigenvalue weighted by Gasteiger charge is -2.11. The number of aromatic nitrogens is 2. The fourth-order valence-corrected chi connectivity index (χ4v) is 2.70. The molecule has 0 saturated carbocycles. The molecule has 0 saturated heterocycles. The molecule has 1 aromatic heterocycles. The molecule has 28 heavy (non-hydrogen) atoms. The van der Waals surface area contributed by atoms with Crippen LogP contribution in [-0.2, 0) is 35.4 Å². The molecule has 3 rings (SSSR count). The molecule has 0 fully saturated rings. The third kappa shape index (κ3) is 5.79. The molecule has 0 unspecified atom stereocenters. The van der Waals surface area contributed by atoms with Crippen LogP contribution in [0.5, 0.6) is 0 Å². The largest absolute Gasteiger partial charge is 0.416 e. The fourth-order valence-electron chi connectivity index (χ4n) is 2.70. The first-order valence-electron chi connectivity index (χ1n) is 8.28. The van der Waals surface area contributed by atoms with Crippen molar-refractivity contribution in [2.75, 3.05) is 13.7 Å². The van der Waals surface area contributed by atoms with Gasteiger partial charge in [0.05, 0.1) is 24.4 Å². The van der Waals surface area contributed by atoms with Gasteiger partial charge in [-0.05, 0) is 36.2 Å². The van der Waals surface area contributed by atoms with Crippen LogP contribution in [0.25, 0.3) is 0 Å². The van der Waals surface area contributed by atoms with Crippen LogP contribution in [-0.4, -0.2) is 34.7 Å². The number of fused-ring (bicyclic) bond motifs is 1. The van der Waals surface area contributed by atoms with Crippen LogP contribution in [0.2, 0.25) is 0 Å². The highest BCUT2D eigenvalue weighted by atomic mass is 19.4. The van der Waals surface area contributed by atoms with E-state index in [0.29, 0.717) is 18.3 Å². The molecular formula is C18H18F4N4O2. The van der Waals surface area contributed by atoms with Gasteiger partial charge in [-0.3, -0.25) is 9.48 Å². The Morgan fingerprint density at radius 2 is 2.04 bits per heavy atom. The number of halogens is 4. The Bertz CT molecular complexity index is 858. The van der Waals surface area contributed by atoms with E-state index in [0.717, 1.165) is 43.7 Å². The van der Waals surface area contributed by atoms with E-state index in [1.807, 2.05) is 10.8 Å². The van der Waals surface area contributed by atoms with Crippen molar-refractivity contribution < 1.29 is 27.1 Å². The number of aryl methyl sites for hydroxylation is 1. The smallest absolute Gasteiger partial charge is 0.380 e. The predicted molar refractivity (Wildman–Crippen MR) is 90.1 cm³/mol. The monoisotopic (exact) mass is 398 g/mol. The van der Waals surface area contributed by atoms with E-state index in [1.54, 1.807) is 11.0 Å². The van der Waals surface area contributed by atoms with Crippen molar-refractivity contribution in [2.45, 2.75) is 32.3 Å². The molecule has 150 valence electrons. The van der Waals surface area contributed by atoms with Crippen molar-refractivity contribution in [3.8, 4) is 6.07 Å². The van der Waals surface area contributed by atoms with Crippen LogP contribution in [0.1, 0.15) is 28.9 Å². The molecule has 2 heterocycles. The molecule has 1 aromatic carbocycles. The summed E-state index contributed by atoms with van der Waals surface area (Å²) in [5.41, 5.74) is 0.531. The number of hydrogen-bond acceptors (Lipinski definition) is 4. The summed E-state index contributed by atoms with van der Waals surface area (Å²) in [6.07, 6.45) is -2.79. The van der Waals surface area contributed by atoms with E-state index in [4.69, 9.17) is 5.26 Å². The SMILES string of the molecule is COCc1cc(F)cc(C(F)(F)F)c1.N#Cc1cc2n(n1)CCCN(C=O)C2. The molecule has 1 aliphatic heterocycles. The van der Waals surface area contributed by atoms with Gasteiger partial charge in [-0.1, -0.05) is 0 Å². The van der Waals surface area contributed by atoms with Crippen LogP contribution < -0.4 is 0 Å². The van der Waals surface area contributed by atoms with Gasteiger partial charge < -0.3 is 9.64 Å². The second-order valence-electron chi connectivity index (χ2n) is 6.06. The van der Waals surface area contributed by atoms with E-state index < -0.39 is 17.6 Å². The molecule has 0 atom stereocenters. The lowest BCUT2D eigenvalue weighted by Crippen LogP contribution is -2.20. The molecular weight excluding hydrogens is 380 g/mol. The zero-order valence-electron chi connectivity index (χ0n) is 15.0. The fraction of sp³-hybridized carbons (Fsp3) is 0.389. The Morgan fingerprint density at radius 1 is 1.29 bits per heavy atom. The van der Waals surface area contributed by atoms with Crippen LogP contribution in [0, 0.1) is 17.1 Å². The summed E-state index contributed by atoms with van der Waals surface area (Å²) < 4.78 is 55.7. The maximum absolute atomic E-state index is 12.7. The molecule has 0 N–H and O–H groups in total. The van der Waals surface area contributed by atoms with Crippen molar-refractivity contribution in [1.29, 1.82) is 5.26 Å². The minimum atomic E-state index is -4.52. The van der Waals surface area contributed by atoms with Crippen molar-refractivity contribution in [3.63, 3.8) is 0 Å². The normalized spacial score (nSPS) is 13.6. The number of amides is 1. The van der Waals surface area contributed by atoms with Gasteiger partial charge in [0, 0.05) is 20.2 Å². The summed E-state index contributed by atoms with van der Waals surface area (Å²) in [4.78, 5) is 12.3. The number of nitrogens with zero attached hydrogens (tertiary/aromatic N) is 4. The average Bonchev–Trinajstić information content (AvgIpc) is 2.92. The molecule has 6 nitrogen and oxygen atoms in total. The zero-order chi connectivity index (χ0) is 20.7. The van der Waals surface area contributed by atoms with Crippen molar-refractivity contribution >= 4 is 6.41 Å². The summed E-state index contributed by atoms with van der Waals surface area (Å²) in [6.45, 7) is 2.05. The van der Waals surface area contributed by atoms with Crippen LogP contribution in [0.4, 0.5) is 17.6 Å². The number of carbonyl (C=O) groups is 1. The molecule has 0 bridgehead atoms. The average molecular weight is 398 g/mol. The molecule has 1 aliphatic rings. The van der Waals surface area contributed by atoms with Gasteiger partial charge in [-0.15, -0.1) is 0 Å². The summed E-state index contributed by atoms with van der Waals surface area (Å²) in [5.74, 6) is -0.910. The number of alkyl halides is 3. The predicted octanol–water partition coefficient (Wildman–Crippen LogP) is 3.11. The molecule has 10 heteroatoms. The lowest BCUT2D eigenvalue weighted by molar-refractivity contribution is -0.137. The van der Waals surface area contributed by atoms with Crippen molar-refractivity contribution in [1.82, 2.24) is 14.7 Å². The number of ether oxygens (including phenoxy) is 1. The van der Waals surface area contributed by atoms with Gasteiger partial charge in [0.2, 0.25) is 6.41 Å². The lowest BCUT2D eigenvalue weighted by atomic mass is 10.1. The minimum Gasteiger partial charge on any atom is -0.380 e. The molecule has 0 radical (unpaired) electrons. The Morgan fingerprint density at radius 3 is 2.64 bits per heavy atom. The van der Waals surface area contributed by atoms with Crippen LogP contribution in [0.15, 0.2) is 24.3 Å². The number of carbonyl (C=O) groups excluding carboxylic acids is 1. The maximum Gasteiger partial charge on any atom is 0.416 e. The summed E-state index contributed by atoms with van der Waals surface area (Å²) in [7, 11) is 1.33. The minimum absolute atomic E-state index is 0.0408. The third-order valence-electron chi connectivity index (χ3n) is 3.90. The summed E-state index contributed by atoms with van der Waals surface area (Å²) in [5, 5.41) is 12.8. The zero-order valence-corrected chi connectivity index (χ0v) is 15.0. The highest BCUT2D eigenvalue weighted by Gasteiger charge is 2.31. The van der Waals surface area contributed by atoms with Gasteiger partial charge >= 0.3 is 6.18 Å². The Balaban J connectivity index is 0.000000200. The second kappa shape index (κ2) is 9.32. The summed E-state index contributed by atoms with van der Waals surface area (Å²) >= 11 is 0. The van der Waals surface area contributed by atoms with Crippen molar-refractivity contribution in [3.05, 3.63) is 52.6 Å². The highest BCUT2D eigenvalue weighted by molar-refractivity contribution is 5.47. The number of methoxy groups -OCH3 is 1. The first kappa shape index (κ1) is 21.4. The van der Waals surface area contributed by atoms with Gasteiger partial charge in [0.25, 0.3) is 0 Å². The quantitative estimate of drug-likeness (QED) is 0.588. The Labute approximate surface area is 158 Å². The van der Waals surface area contributed by atoms with Gasteiger partial charge in [-0.25, -0.2) is 4.39 Å². The Hall–Kier alpha value is -2.93. The van der Waals surface area contributed by atoms with E-state index >= 15 is 0 Å². The number of hydrogen-bond donors (Lipinski definition) is 0. The van der Waals surface area contributed by atoms with E-state index in [2.05, 4.69) is 9.84 Å². The standard InChI is InChI=1S/C9H8F4O.C9H10N4O/c1-14-5-6-2-7(9(11,12)13)4-8(10)3-6;10-5-8-4-9-6-12(7-14)2-1-3-13(9)11-8/h2-4H,5H2,1H3;4,7H,1-3,6H2. The molecule has 0 spiro atoms. The van der Waals surface area contributed by atoms with E-state index in [9.17, 15) is 22.4 Å². The first-order chi connectivity index (χ1) is 13.3. The highest BCUT2D eigenvalue weighted by Crippen LogP contribution is 2.30.